The van der Waals surface area contributed by atoms with Gasteiger partial charge in [0, 0.05) is 0 Å². The normalized spacial score (nSPS) is 3.25. The van der Waals surface area contributed by atoms with Crippen LogP contribution in [-0.2, 0) is 0 Å². The zero-order valence-corrected chi connectivity index (χ0v) is 8.62. The molecular weight excluding hydrogens is 267 g/mol. The summed E-state index contributed by atoms with van der Waals surface area (Å²) in [6, 6.07) is 0. The zero-order valence-electron chi connectivity index (χ0n) is 2.37. The molecule has 0 N–H and O–H groups in total. The van der Waals surface area contributed by atoms with Gasteiger partial charge in [0.15, 0.2) is 0 Å². The van der Waals surface area contributed by atoms with E-state index in [1.54, 1.807) is 0 Å². The molecule has 0 nitrogen and oxygen atoms in total. The van der Waals surface area contributed by atoms with Gasteiger partial charge in [-0.15, -0.1) is 0 Å². The van der Waals surface area contributed by atoms with E-state index in [4.69, 9.17) is 11.6 Å². The Morgan fingerprint density at radius 2 is 1.75 bits per heavy atom. The van der Waals surface area contributed by atoms with Gasteiger partial charge < -0.3 is 0 Å². The third-order valence-electron chi connectivity index (χ3n) is 0. The van der Waals surface area contributed by atoms with E-state index in [0.717, 1.165) is 0 Å². The van der Waals surface area contributed by atoms with E-state index in [9.17, 15) is 0 Å². The Morgan fingerprint density at radius 3 is 1.75 bits per heavy atom. The zero-order chi connectivity index (χ0) is 2.71. The fraction of sp³-hybridized carbons (Fsp3) is 0. The molecule has 0 amide bonds. The second-order valence-electron chi connectivity index (χ2n) is 0.154. The summed E-state index contributed by atoms with van der Waals surface area (Å²) in [6.07, 6.45) is 0. The summed E-state index contributed by atoms with van der Waals surface area (Å²) in [7, 11) is 0. The van der Waals surface area contributed by atoms with E-state index >= 15 is 0 Å². The summed E-state index contributed by atoms with van der Waals surface area (Å²) >= 11 is 4.76. The predicted molar refractivity (Wildman–Crippen MR) is 24.6 cm³/mol. The molecule has 0 heterocycles. The number of hydrogen-bond acceptors (Lipinski definition) is 0. The molecule has 0 aliphatic carbocycles. The third kappa shape index (κ3) is 12.4. The van der Waals surface area contributed by atoms with Crippen molar-refractivity contribution in [2.75, 3.05) is 0 Å². The van der Waals surface area contributed by atoms with E-state index in [0.29, 0.717) is 0 Å². The second kappa shape index (κ2) is 9.04. The van der Waals surface area contributed by atoms with E-state index in [2.05, 4.69) is 6.58 Å². The molecule has 2 radical (unpaired) electrons. The van der Waals surface area contributed by atoms with Crippen LogP contribution in [-0.4, -0.2) is 27.3 Å². The van der Waals surface area contributed by atoms with Gasteiger partial charge >= 0.3 is 27.3 Å². The molecular formula is C2H5ClPb. The third-order valence-corrected chi connectivity index (χ3v) is 0. The van der Waals surface area contributed by atoms with Crippen molar-refractivity contribution in [3.8, 4) is 0 Å². The quantitative estimate of drug-likeness (QED) is 0.562. The monoisotopic (exact) mass is 272 g/mol. The molecule has 0 unspecified atom stereocenters. The minimum atomic E-state index is 0. The van der Waals surface area contributed by atoms with Crippen molar-refractivity contribution in [3.63, 3.8) is 0 Å². The first kappa shape index (κ1) is 8.88. The van der Waals surface area contributed by atoms with Crippen LogP contribution in [0.2, 0.25) is 0 Å². The van der Waals surface area contributed by atoms with Gasteiger partial charge in [-0.2, -0.15) is 0 Å². The fourth-order valence-electron chi connectivity index (χ4n) is 0. The van der Waals surface area contributed by atoms with Crippen molar-refractivity contribution >= 4 is 38.9 Å². The van der Waals surface area contributed by atoms with Gasteiger partial charge in [0.1, 0.15) is 0 Å². The summed E-state index contributed by atoms with van der Waals surface area (Å²) in [5, 5.41) is 0. The van der Waals surface area contributed by atoms with Crippen LogP contribution in [0.15, 0.2) is 12.1 Å². The molecule has 0 bridgehead atoms. The van der Waals surface area contributed by atoms with Gasteiger partial charge in [-0.25, -0.2) is 0 Å². The molecule has 0 rings (SSSR count). The van der Waals surface area contributed by atoms with E-state index < -0.39 is 0 Å². The predicted octanol–water partition coefficient (Wildman–Crippen LogP) is 0.452. The molecule has 4 heavy (non-hydrogen) atoms. The number of hydrogen-bond donors (Lipinski definition) is 0. The Bertz CT molecular complexity index is 13.5. The van der Waals surface area contributed by atoms with Crippen molar-refractivity contribution < 1.29 is 0 Å². The topological polar surface area (TPSA) is 0 Å². The van der Waals surface area contributed by atoms with Gasteiger partial charge in [0.25, 0.3) is 0 Å². The van der Waals surface area contributed by atoms with E-state index in [1.807, 2.05) is 0 Å². The Labute approximate surface area is 51.0 Å². The van der Waals surface area contributed by atoms with Crippen LogP contribution in [0.25, 0.3) is 0 Å². The fourth-order valence-corrected chi connectivity index (χ4v) is 0. The Kier molecular flexibility index (Phi) is 20.1. The van der Waals surface area contributed by atoms with Crippen molar-refractivity contribution in [2.24, 2.45) is 0 Å². The number of halogens is 1. The summed E-state index contributed by atoms with van der Waals surface area (Å²) < 4.78 is 0. The standard InChI is InChI=1S/C2H3Cl.Pb.2H/c1-2-3;;;/h2H,1H2;;;. The Balaban J connectivity index is 0. The molecule has 0 fully saturated rings. The van der Waals surface area contributed by atoms with Crippen LogP contribution < -0.4 is 0 Å². The maximum absolute atomic E-state index is 4.76. The summed E-state index contributed by atoms with van der Waals surface area (Å²) in [5.74, 6) is 0. The van der Waals surface area contributed by atoms with Crippen LogP contribution in [0.3, 0.4) is 0 Å². The molecule has 0 aromatic rings. The SMILES string of the molecule is C=CCl.[PbH2]. The van der Waals surface area contributed by atoms with Gasteiger partial charge in [-0.1, -0.05) is 18.2 Å². The van der Waals surface area contributed by atoms with Crippen LogP contribution in [0, 0.1) is 0 Å². The average Bonchev–Trinajstić information content (AvgIpc) is 0.918. The molecule has 0 aromatic heterocycles. The van der Waals surface area contributed by atoms with Crippen LogP contribution in [0.5, 0.6) is 0 Å². The molecule has 0 aliphatic rings. The molecule has 0 spiro atoms. The molecule has 0 aromatic carbocycles. The van der Waals surface area contributed by atoms with Crippen LogP contribution >= 0.6 is 11.6 Å². The van der Waals surface area contributed by atoms with Crippen molar-refractivity contribution in [1.29, 1.82) is 0 Å². The minimum absolute atomic E-state index is 0. The summed E-state index contributed by atoms with van der Waals surface area (Å²) in [5.41, 5.74) is 1.22. The summed E-state index contributed by atoms with van der Waals surface area (Å²) in [6.45, 7) is 3.13. The Hall–Kier alpha value is 0.952. The Morgan fingerprint density at radius 1 is 1.75 bits per heavy atom. The molecule has 0 saturated carbocycles. The van der Waals surface area contributed by atoms with E-state index in [1.165, 1.54) is 5.54 Å². The van der Waals surface area contributed by atoms with Crippen molar-refractivity contribution in [3.05, 3.63) is 12.1 Å². The molecule has 0 aliphatic heterocycles. The van der Waals surface area contributed by atoms with Gasteiger partial charge in [-0.3, -0.25) is 0 Å². The summed E-state index contributed by atoms with van der Waals surface area (Å²) in [4.78, 5) is 0. The maximum atomic E-state index is 4.76. The van der Waals surface area contributed by atoms with Gasteiger partial charge in [0.2, 0.25) is 0 Å². The number of rotatable bonds is 0. The van der Waals surface area contributed by atoms with Gasteiger partial charge in [-0.05, 0) is 5.54 Å². The first-order valence-electron chi connectivity index (χ1n) is 0.626. The van der Waals surface area contributed by atoms with Crippen LogP contribution in [0.1, 0.15) is 0 Å². The van der Waals surface area contributed by atoms with Gasteiger partial charge in [0.05, 0.1) is 0 Å². The first-order chi connectivity index (χ1) is 1.41. The van der Waals surface area contributed by atoms with E-state index in [-0.39, 0.29) is 27.3 Å². The molecule has 24 valence electrons. The second-order valence-corrected chi connectivity index (χ2v) is 0.463. The molecule has 0 saturated heterocycles. The average molecular weight is 272 g/mol. The molecule has 0 atom stereocenters. The molecule has 2 heteroatoms. The van der Waals surface area contributed by atoms with Crippen molar-refractivity contribution in [1.82, 2.24) is 0 Å². The first-order valence-corrected chi connectivity index (χ1v) is 1.06. The van der Waals surface area contributed by atoms with Crippen molar-refractivity contribution in [2.45, 2.75) is 0 Å². The van der Waals surface area contributed by atoms with Crippen LogP contribution in [0.4, 0.5) is 0 Å².